The molecule has 0 aromatic carbocycles. The van der Waals surface area contributed by atoms with Crippen molar-refractivity contribution >= 4 is 29.3 Å². The van der Waals surface area contributed by atoms with E-state index >= 15 is 0 Å². The minimum atomic E-state index is -0.644. The first-order chi connectivity index (χ1) is 21.5. The van der Waals surface area contributed by atoms with Gasteiger partial charge in [0.25, 0.3) is 0 Å². The number of hydrogen-bond donors (Lipinski definition) is 1. The van der Waals surface area contributed by atoms with Gasteiger partial charge in [0.2, 0.25) is 0 Å². The third-order valence-corrected chi connectivity index (χ3v) is 13.9. The molecule has 2 aliphatic rings. The van der Waals surface area contributed by atoms with Crippen molar-refractivity contribution in [1.29, 1.82) is 0 Å². The highest BCUT2D eigenvalue weighted by atomic mass is 32.2. The van der Waals surface area contributed by atoms with Crippen molar-refractivity contribution in [2.75, 3.05) is 5.75 Å². The second-order valence-corrected chi connectivity index (χ2v) is 17.9. The van der Waals surface area contributed by atoms with Crippen LogP contribution in [0.2, 0.25) is 0 Å². The molecule has 2 saturated carbocycles. The summed E-state index contributed by atoms with van der Waals surface area (Å²) >= 11 is 4.08. The predicted octanol–water partition coefficient (Wildman–Crippen LogP) is 8.64. The van der Waals surface area contributed by atoms with Gasteiger partial charge in [0, 0.05) is 28.1 Å². The van der Waals surface area contributed by atoms with Gasteiger partial charge in [-0.1, -0.05) is 78.7 Å². The first kappa shape index (κ1) is 40.8. The van der Waals surface area contributed by atoms with Gasteiger partial charge in [-0.3, -0.25) is 0 Å². The molecule has 11 atom stereocenters. The average molecular weight is 679 g/mol. The van der Waals surface area contributed by atoms with Crippen LogP contribution >= 0.6 is 23.5 Å². The predicted molar refractivity (Wildman–Crippen MR) is 196 cm³/mol. The number of ketones is 1. The lowest BCUT2D eigenvalue weighted by molar-refractivity contribution is -0.115. The molecule has 1 unspecified atom stereocenters. The summed E-state index contributed by atoms with van der Waals surface area (Å²) in [6.07, 6.45) is 9.26. The van der Waals surface area contributed by atoms with E-state index in [2.05, 4.69) is 110 Å². The molecule has 0 amide bonds. The van der Waals surface area contributed by atoms with Crippen LogP contribution in [0.1, 0.15) is 132 Å². The summed E-state index contributed by atoms with van der Waals surface area (Å²) in [6.45, 7) is 29.5. The van der Waals surface area contributed by atoms with E-state index in [1.54, 1.807) is 0 Å². The largest absolute Gasteiger partial charge is 0.389 e. The van der Waals surface area contributed by atoms with E-state index in [9.17, 15) is 9.90 Å². The summed E-state index contributed by atoms with van der Waals surface area (Å²) in [4.78, 5) is 9.44. The molecule has 0 saturated heterocycles. The summed E-state index contributed by atoms with van der Waals surface area (Å²) in [5.41, 5.74) is 1.36. The number of aliphatic hydroxyl groups is 1. The second kappa shape index (κ2) is 18.4. The van der Waals surface area contributed by atoms with Crippen LogP contribution in [0, 0.1) is 49.4 Å². The highest BCUT2D eigenvalue weighted by Crippen LogP contribution is 2.49. The highest BCUT2D eigenvalue weighted by molar-refractivity contribution is 8.00. The lowest BCUT2D eigenvalue weighted by Crippen LogP contribution is -2.43. The zero-order chi connectivity index (χ0) is 34.9. The van der Waals surface area contributed by atoms with Gasteiger partial charge in [-0.05, 0) is 95.6 Å². The molecular weight excluding hydrogens is 613 g/mol. The minimum Gasteiger partial charge on any atom is -0.389 e. The average Bonchev–Trinajstić information content (AvgIpc) is 3.59. The minimum absolute atomic E-state index is 0.167. The molecule has 8 nitrogen and oxygen atoms in total. The summed E-state index contributed by atoms with van der Waals surface area (Å²) in [7, 11) is 0. The maximum atomic E-state index is 10.3. The molecule has 4 rings (SSSR count). The maximum Gasteiger partial charge on any atom is 0.126 e. The van der Waals surface area contributed by atoms with Gasteiger partial charge in [-0.25, -0.2) is 9.36 Å². The third-order valence-electron chi connectivity index (χ3n) is 10.5. The third kappa shape index (κ3) is 11.1. The molecule has 46 heavy (non-hydrogen) atoms. The Morgan fingerprint density at radius 3 is 1.57 bits per heavy atom. The Morgan fingerprint density at radius 2 is 1.24 bits per heavy atom. The number of rotatable bonds is 9. The van der Waals surface area contributed by atoms with Crippen molar-refractivity contribution in [3.05, 3.63) is 23.8 Å². The maximum absolute atomic E-state index is 10.3. The van der Waals surface area contributed by atoms with Crippen LogP contribution in [0.4, 0.5) is 0 Å². The summed E-state index contributed by atoms with van der Waals surface area (Å²) in [6, 6.07) is 0.894. The Bertz CT molecular complexity index is 1180. The molecule has 0 bridgehead atoms. The molecule has 0 radical (unpaired) electrons. The molecule has 1 N–H and O–H groups in total. The smallest absolute Gasteiger partial charge is 0.126 e. The molecule has 10 heteroatoms. The molecule has 264 valence electrons. The molecule has 0 aliphatic heterocycles. The van der Waals surface area contributed by atoms with E-state index in [0.717, 1.165) is 22.6 Å². The van der Waals surface area contributed by atoms with Gasteiger partial charge in [-0.15, -0.1) is 10.2 Å². The van der Waals surface area contributed by atoms with Crippen molar-refractivity contribution in [3.63, 3.8) is 0 Å². The van der Waals surface area contributed by atoms with Gasteiger partial charge in [0.15, 0.2) is 0 Å². The van der Waals surface area contributed by atoms with Crippen LogP contribution in [0.15, 0.2) is 12.4 Å². The van der Waals surface area contributed by atoms with Crippen LogP contribution < -0.4 is 0 Å². The fourth-order valence-electron chi connectivity index (χ4n) is 7.52. The number of carbonyl (C=O) groups excluding carboxylic acids is 1. The van der Waals surface area contributed by atoms with Gasteiger partial charge in [0.1, 0.15) is 5.78 Å². The van der Waals surface area contributed by atoms with Crippen LogP contribution in [-0.4, -0.2) is 68.0 Å². The van der Waals surface area contributed by atoms with E-state index < -0.39 is 5.60 Å². The zero-order valence-corrected chi connectivity index (χ0v) is 33.0. The number of thioether (sulfide) groups is 2. The van der Waals surface area contributed by atoms with Gasteiger partial charge >= 0.3 is 0 Å². The standard InChI is InChI=1S/C18H33N3OS.C15H27N3S.C3H6O/c1-8-15-9-16(23-14(5)18(6,7)22)13(4)17(12(15)3)21-10-11(2)19-20-21;1-6-13-8-14(19-7-2)12(5)15(11(13)4)18-9-10(3)16-17-18;1-3(2)4/h10,12-17,22H,8-9H2,1-7H3;9,11-15H,6-8H2,1-5H3;1-2H3/t12-,13-,14?,15-,16+,17-;11-,12-,13-,14+,15-;/m00./s1. The summed E-state index contributed by atoms with van der Waals surface area (Å²) in [5.74, 6) is 5.37. The lowest BCUT2D eigenvalue weighted by Gasteiger charge is -2.46. The fraction of sp³-hybridized carbons (Fsp3) is 0.861. The van der Waals surface area contributed by atoms with E-state index in [-0.39, 0.29) is 11.0 Å². The Balaban J connectivity index is 0.000000291. The number of hydrogen-bond acceptors (Lipinski definition) is 8. The number of carbonyl (C=O) groups is 1. The Labute approximate surface area is 289 Å². The van der Waals surface area contributed by atoms with E-state index in [0.29, 0.717) is 46.9 Å². The highest BCUT2D eigenvalue weighted by Gasteiger charge is 2.43. The Morgan fingerprint density at radius 1 is 0.848 bits per heavy atom. The van der Waals surface area contributed by atoms with Crippen LogP contribution in [0.3, 0.4) is 0 Å². The Hall–Kier alpha value is -1.39. The first-order valence-corrected chi connectivity index (χ1v) is 19.7. The number of aromatic nitrogens is 6. The van der Waals surface area contributed by atoms with E-state index in [1.807, 2.05) is 39.5 Å². The van der Waals surface area contributed by atoms with Crippen molar-refractivity contribution < 1.29 is 9.90 Å². The number of nitrogens with zero attached hydrogens (tertiary/aromatic N) is 6. The van der Waals surface area contributed by atoms with E-state index in [1.165, 1.54) is 45.3 Å². The quantitative estimate of drug-likeness (QED) is 0.282. The van der Waals surface area contributed by atoms with Crippen LogP contribution in [0.5, 0.6) is 0 Å². The summed E-state index contributed by atoms with van der Waals surface area (Å²) in [5, 5.41) is 29.0. The van der Waals surface area contributed by atoms with Crippen molar-refractivity contribution in [2.45, 2.75) is 156 Å². The Kier molecular flexibility index (Phi) is 16.3. The topological polar surface area (TPSA) is 98.7 Å². The fourth-order valence-corrected chi connectivity index (χ4v) is 10.4. The molecule has 0 spiro atoms. The molecule has 2 aliphatic carbocycles. The van der Waals surface area contributed by atoms with Crippen molar-refractivity contribution in [3.8, 4) is 0 Å². The van der Waals surface area contributed by atoms with Crippen molar-refractivity contribution in [1.82, 2.24) is 30.0 Å². The second-order valence-electron chi connectivity index (χ2n) is 14.8. The molecule has 2 fully saturated rings. The summed E-state index contributed by atoms with van der Waals surface area (Å²) < 4.78 is 4.23. The van der Waals surface area contributed by atoms with Crippen LogP contribution in [-0.2, 0) is 4.79 Å². The lowest BCUT2D eigenvalue weighted by atomic mass is 9.70. The van der Waals surface area contributed by atoms with Crippen LogP contribution in [0.25, 0.3) is 0 Å². The first-order valence-electron chi connectivity index (χ1n) is 17.7. The number of aryl methyl sites for hydroxylation is 2. The van der Waals surface area contributed by atoms with Gasteiger partial charge < -0.3 is 9.90 Å². The van der Waals surface area contributed by atoms with E-state index in [4.69, 9.17) is 0 Å². The SMILES string of the molecule is CC(C)=O.CCS[C@@H]1C[C@H](CC)[C@H](C)[C@H](n2cc(C)nn2)[C@H]1C.CC[C@H]1C[C@@H](SC(C)C(C)(C)O)[C@H](C)[C@@H](n2cc(C)nn2)[C@H]1C. The van der Waals surface area contributed by atoms with Crippen molar-refractivity contribution in [2.24, 2.45) is 35.5 Å². The monoisotopic (exact) mass is 678 g/mol. The molecule has 2 aromatic rings. The van der Waals surface area contributed by atoms with Gasteiger partial charge in [-0.2, -0.15) is 23.5 Å². The molecule has 2 aromatic heterocycles. The molecule has 2 heterocycles. The number of Topliss-reactive ketones (excluding diaryl/α,β-unsaturated/α-hetero) is 1. The normalized spacial score (nSPS) is 32.1. The molecular formula is C36H66N6O2S2. The zero-order valence-electron chi connectivity index (χ0n) is 31.4. The van der Waals surface area contributed by atoms with Gasteiger partial charge in [0.05, 0.1) is 29.1 Å².